The highest BCUT2D eigenvalue weighted by Crippen LogP contribution is 2.55. The van der Waals surface area contributed by atoms with Gasteiger partial charge in [-0.15, -0.1) is 0 Å². The maximum atomic E-state index is 14.8. The summed E-state index contributed by atoms with van der Waals surface area (Å²) in [5.74, 6) is -2.94. The summed E-state index contributed by atoms with van der Waals surface area (Å²) >= 11 is 0. The molecule has 0 radical (unpaired) electrons. The van der Waals surface area contributed by atoms with E-state index in [1.54, 1.807) is 9.80 Å². The number of aliphatic hydroxyl groups is 1. The molecule has 260 valence electrons. The van der Waals surface area contributed by atoms with Crippen molar-refractivity contribution in [1.82, 2.24) is 20.0 Å². The number of rotatable bonds is 10. The first-order chi connectivity index (χ1) is 23.4. The summed E-state index contributed by atoms with van der Waals surface area (Å²) in [6.45, 7) is 4.66. The first-order valence-corrected chi connectivity index (χ1v) is 17.5. The second-order valence-electron chi connectivity index (χ2n) is 13.3. The number of ether oxygens (including phenoxy) is 3. The van der Waals surface area contributed by atoms with Gasteiger partial charge in [0.25, 0.3) is 0 Å². The molecule has 5 aliphatic heterocycles. The van der Waals surface area contributed by atoms with E-state index >= 15 is 0 Å². The largest absolute Gasteiger partial charge is 0.463 e. The van der Waals surface area contributed by atoms with Gasteiger partial charge >= 0.3 is 5.97 Å². The van der Waals surface area contributed by atoms with Crippen LogP contribution in [0.2, 0.25) is 0 Å². The van der Waals surface area contributed by atoms with Crippen LogP contribution in [0.4, 0.5) is 0 Å². The summed E-state index contributed by atoms with van der Waals surface area (Å²) in [4.78, 5) is 61.8. The molecule has 2 N–H and O–H groups in total. The molecule has 1 spiro atoms. The number of hydrogen-bond donors (Lipinski definition) is 2. The van der Waals surface area contributed by atoms with Crippen molar-refractivity contribution in [2.45, 2.75) is 62.3 Å². The van der Waals surface area contributed by atoms with Gasteiger partial charge in [0, 0.05) is 52.3 Å². The van der Waals surface area contributed by atoms with Crippen LogP contribution in [0.1, 0.15) is 50.1 Å². The quantitative estimate of drug-likeness (QED) is 0.217. The van der Waals surface area contributed by atoms with Gasteiger partial charge in [-0.25, -0.2) is 0 Å². The number of benzene rings is 1. The molecule has 1 aromatic rings. The number of esters is 1. The first-order valence-electron chi connectivity index (χ1n) is 17.5. The highest BCUT2D eigenvalue weighted by Gasteiger charge is 2.73. The summed E-state index contributed by atoms with van der Waals surface area (Å²) in [5, 5.41) is 12.3. The highest BCUT2D eigenvalue weighted by atomic mass is 16.5. The fraction of sp³-hybridized carbons (Fsp3) is 0.611. The van der Waals surface area contributed by atoms with Crippen molar-refractivity contribution < 1.29 is 38.5 Å². The standard InChI is InChI=1S/C36H48N4O8/c41-22-10-2-1-9-17-40-32-35(45)39(19-18-38-20-23-46-24-21-38)16-8-4-7-13-29(42)47-25-27(26-11-5-3-6-12-26)37-33(43)30-28-14-15-36(32,48-28)31(30)34(40)44/h3-6,8,11-12,14-15,27-28,30-32,41H,1-2,7,9-10,13,16-25H2,(H,37,43)/b8-4-/t27-,28-,30+,31+,32-,36+/m1/s1. The Morgan fingerprint density at radius 2 is 1.71 bits per heavy atom. The predicted octanol–water partition coefficient (Wildman–Crippen LogP) is 1.60. The molecule has 12 heteroatoms. The van der Waals surface area contributed by atoms with E-state index < -0.39 is 35.6 Å². The molecule has 3 saturated heterocycles. The average molecular weight is 665 g/mol. The summed E-state index contributed by atoms with van der Waals surface area (Å²) in [5.41, 5.74) is -0.493. The maximum Gasteiger partial charge on any atom is 0.306 e. The Morgan fingerprint density at radius 3 is 2.50 bits per heavy atom. The van der Waals surface area contributed by atoms with Crippen LogP contribution in [0.5, 0.6) is 0 Å². The fourth-order valence-electron chi connectivity index (χ4n) is 7.73. The second-order valence-corrected chi connectivity index (χ2v) is 13.3. The minimum absolute atomic E-state index is 0.0491. The number of fused-ring (bicyclic) bond motifs is 2. The first kappa shape index (κ1) is 34.3. The molecule has 6 atom stereocenters. The number of carbonyl (C=O) groups excluding carboxylic acids is 4. The average Bonchev–Trinajstić information content (AvgIpc) is 3.75. The van der Waals surface area contributed by atoms with E-state index in [9.17, 15) is 24.3 Å². The molecular weight excluding hydrogens is 616 g/mol. The van der Waals surface area contributed by atoms with E-state index in [0.29, 0.717) is 58.7 Å². The van der Waals surface area contributed by atoms with Crippen LogP contribution in [0, 0.1) is 11.8 Å². The lowest BCUT2D eigenvalue weighted by Gasteiger charge is -2.37. The Hall–Kier alpha value is -3.58. The molecule has 5 bridgehead atoms. The fourth-order valence-corrected chi connectivity index (χ4v) is 7.73. The molecular formula is C36H48N4O8. The highest BCUT2D eigenvalue weighted by molar-refractivity contribution is 6.00. The molecule has 0 aromatic heterocycles. The van der Waals surface area contributed by atoms with Crippen LogP contribution < -0.4 is 5.32 Å². The lowest BCUT2D eigenvalue weighted by molar-refractivity contribution is -0.148. The van der Waals surface area contributed by atoms with Crippen molar-refractivity contribution >= 4 is 23.7 Å². The third-order valence-corrected chi connectivity index (χ3v) is 10.3. The van der Waals surface area contributed by atoms with Crippen molar-refractivity contribution in [3.8, 4) is 0 Å². The Morgan fingerprint density at radius 1 is 0.917 bits per heavy atom. The zero-order chi connectivity index (χ0) is 33.5. The van der Waals surface area contributed by atoms with E-state index in [2.05, 4.69) is 10.2 Å². The normalized spacial score (nSPS) is 32.0. The van der Waals surface area contributed by atoms with Crippen molar-refractivity contribution in [2.24, 2.45) is 11.8 Å². The third kappa shape index (κ3) is 7.22. The second kappa shape index (κ2) is 15.8. The van der Waals surface area contributed by atoms with Crippen LogP contribution >= 0.6 is 0 Å². The molecule has 0 aliphatic carbocycles. The zero-order valence-corrected chi connectivity index (χ0v) is 27.5. The van der Waals surface area contributed by atoms with Crippen LogP contribution in [-0.4, -0.2) is 127 Å². The van der Waals surface area contributed by atoms with Crippen LogP contribution in [0.15, 0.2) is 54.6 Å². The van der Waals surface area contributed by atoms with E-state index in [4.69, 9.17) is 14.2 Å². The molecule has 5 aliphatic rings. The number of cyclic esters (lactones) is 1. The van der Waals surface area contributed by atoms with Gasteiger partial charge in [-0.2, -0.15) is 0 Å². The molecule has 3 amide bonds. The van der Waals surface area contributed by atoms with Crippen molar-refractivity contribution in [3.63, 3.8) is 0 Å². The van der Waals surface area contributed by atoms with Gasteiger partial charge in [0.2, 0.25) is 17.7 Å². The molecule has 3 fully saturated rings. The molecule has 0 unspecified atom stereocenters. The Balaban J connectivity index is 1.33. The number of unbranched alkanes of at least 4 members (excludes halogenated alkanes) is 3. The molecule has 5 heterocycles. The van der Waals surface area contributed by atoms with Gasteiger partial charge < -0.3 is 34.4 Å². The van der Waals surface area contributed by atoms with Gasteiger partial charge in [0.1, 0.15) is 18.2 Å². The monoisotopic (exact) mass is 664 g/mol. The predicted molar refractivity (Wildman–Crippen MR) is 175 cm³/mol. The van der Waals surface area contributed by atoms with Crippen LogP contribution in [0.25, 0.3) is 0 Å². The van der Waals surface area contributed by atoms with Crippen molar-refractivity contribution in [3.05, 3.63) is 60.2 Å². The van der Waals surface area contributed by atoms with Crippen LogP contribution in [0.3, 0.4) is 0 Å². The van der Waals surface area contributed by atoms with Gasteiger partial charge in [-0.05, 0) is 24.8 Å². The minimum atomic E-state index is -1.27. The molecule has 6 rings (SSSR count). The minimum Gasteiger partial charge on any atom is -0.463 e. The Bertz CT molecular complexity index is 1360. The van der Waals surface area contributed by atoms with Crippen molar-refractivity contribution in [1.29, 1.82) is 0 Å². The number of nitrogens with one attached hydrogen (secondary N) is 1. The SMILES string of the molecule is O=C1CC/C=C\CN(CCN2CCOCC2)C(=O)[C@H]2N(CCCCCCO)C(=O)[C@@H]3[C@@H](C(=O)N[C@@H](c4ccccc4)CO1)[C@H]1C=C[C@]32O1. The van der Waals surface area contributed by atoms with Gasteiger partial charge in [0.15, 0.2) is 0 Å². The number of nitrogens with zero attached hydrogens (tertiary/aromatic N) is 3. The zero-order valence-electron chi connectivity index (χ0n) is 27.5. The summed E-state index contributed by atoms with van der Waals surface area (Å²) in [6.07, 6.45) is 10.4. The molecule has 0 saturated carbocycles. The summed E-state index contributed by atoms with van der Waals surface area (Å²) in [7, 11) is 0. The van der Waals surface area contributed by atoms with Crippen molar-refractivity contribution in [2.75, 3.05) is 65.7 Å². The van der Waals surface area contributed by atoms with E-state index in [-0.39, 0.29) is 43.3 Å². The van der Waals surface area contributed by atoms with E-state index in [1.165, 1.54) is 0 Å². The van der Waals surface area contributed by atoms with E-state index in [0.717, 1.165) is 31.5 Å². The smallest absolute Gasteiger partial charge is 0.306 e. The van der Waals surface area contributed by atoms with Gasteiger partial charge in [0.05, 0.1) is 37.2 Å². The summed E-state index contributed by atoms with van der Waals surface area (Å²) < 4.78 is 17.7. The maximum absolute atomic E-state index is 14.8. The summed E-state index contributed by atoms with van der Waals surface area (Å²) in [6, 6.07) is 7.77. The number of morpholine rings is 1. The van der Waals surface area contributed by atoms with Gasteiger partial charge in [-0.3, -0.25) is 24.1 Å². The molecule has 12 nitrogen and oxygen atoms in total. The van der Waals surface area contributed by atoms with Gasteiger partial charge in [-0.1, -0.05) is 67.5 Å². The number of amides is 3. The number of carbonyl (C=O) groups is 4. The number of likely N-dealkylation sites (tertiary alicyclic amines) is 1. The van der Waals surface area contributed by atoms with Crippen LogP contribution in [-0.2, 0) is 33.4 Å². The molecule has 48 heavy (non-hydrogen) atoms. The third-order valence-electron chi connectivity index (χ3n) is 10.3. The lowest BCUT2D eigenvalue weighted by atomic mass is 9.74. The Kier molecular flexibility index (Phi) is 11.3. The lowest BCUT2D eigenvalue weighted by Crippen LogP contribution is -2.57. The number of hydrogen-bond acceptors (Lipinski definition) is 9. The molecule has 1 aromatic carbocycles. The topological polar surface area (TPSA) is 138 Å². The Labute approximate surface area is 282 Å². The number of aliphatic hydroxyl groups excluding tert-OH is 1. The number of allylic oxidation sites excluding steroid dienone is 1. The van der Waals surface area contributed by atoms with E-state index in [1.807, 2.05) is 54.6 Å².